The maximum atomic E-state index is 12.1. The quantitative estimate of drug-likeness (QED) is 0.543. The van der Waals surface area contributed by atoms with Crippen molar-refractivity contribution in [1.29, 1.82) is 0 Å². The Hall–Kier alpha value is -0.910. The fourth-order valence-electron chi connectivity index (χ4n) is 3.34. The number of aliphatic hydroxyl groups is 1. The van der Waals surface area contributed by atoms with Crippen LogP contribution in [0.1, 0.15) is 44.9 Å². The maximum Gasteiger partial charge on any atom is 0.220 e. The predicted molar refractivity (Wildman–Crippen MR) is 83.7 cm³/mol. The number of rotatable bonds is 6. The highest BCUT2D eigenvalue weighted by molar-refractivity contribution is 5.76. The third kappa shape index (κ3) is 5.41. The molecule has 5 N–H and O–H groups in total. The van der Waals surface area contributed by atoms with E-state index in [0.29, 0.717) is 31.3 Å². The third-order valence-corrected chi connectivity index (χ3v) is 4.64. The molecular weight excluding hydrogens is 266 g/mol. The zero-order valence-corrected chi connectivity index (χ0v) is 12.8. The molecule has 0 bridgehead atoms. The second-order valence-electron chi connectivity index (χ2n) is 6.35. The van der Waals surface area contributed by atoms with E-state index < -0.39 is 6.10 Å². The van der Waals surface area contributed by atoms with E-state index >= 15 is 0 Å². The highest BCUT2D eigenvalue weighted by Gasteiger charge is 2.25. The molecule has 1 fully saturated rings. The first-order valence-corrected chi connectivity index (χ1v) is 8.25. The Kier molecular flexibility index (Phi) is 6.67. The SMILES string of the molecule is NCCNC1CCC(CC(=O)NC2CC=CC[C@H]2O)CC1. The van der Waals surface area contributed by atoms with Gasteiger partial charge in [0.1, 0.15) is 0 Å². The van der Waals surface area contributed by atoms with Gasteiger partial charge in [0.25, 0.3) is 0 Å². The van der Waals surface area contributed by atoms with Gasteiger partial charge < -0.3 is 21.5 Å². The van der Waals surface area contributed by atoms with Gasteiger partial charge in [0.05, 0.1) is 12.1 Å². The standard InChI is InChI=1S/C16H29N3O2/c17-9-10-18-13-7-5-12(6-8-13)11-16(21)19-14-3-1-2-4-15(14)20/h1-2,12-15,18,20H,3-11,17H2,(H,19,21)/t12?,13?,14?,15-/m1/s1. The average molecular weight is 295 g/mol. The summed E-state index contributed by atoms with van der Waals surface area (Å²) in [6.45, 7) is 1.56. The van der Waals surface area contributed by atoms with Crippen LogP contribution in [-0.2, 0) is 4.79 Å². The molecule has 0 saturated heterocycles. The number of carbonyl (C=O) groups is 1. The van der Waals surface area contributed by atoms with Gasteiger partial charge in [-0.3, -0.25) is 4.79 Å². The van der Waals surface area contributed by atoms with E-state index in [9.17, 15) is 9.90 Å². The smallest absolute Gasteiger partial charge is 0.220 e. The molecule has 0 aliphatic heterocycles. The second kappa shape index (κ2) is 8.51. The Balaban J connectivity index is 1.66. The largest absolute Gasteiger partial charge is 0.391 e. The Bertz CT molecular complexity index is 351. The topological polar surface area (TPSA) is 87.4 Å². The van der Waals surface area contributed by atoms with Crippen LogP contribution in [0.2, 0.25) is 0 Å². The van der Waals surface area contributed by atoms with Crippen LogP contribution in [0.5, 0.6) is 0 Å². The number of nitrogens with two attached hydrogens (primary N) is 1. The first-order chi connectivity index (χ1) is 10.2. The second-order valence-corrected chi connectivity index (χ2v) is 6.35. The zero-order chi connectivity index (χ0) is 15.1. The Morgan fingerprint density at radius 3 is 2.57 bits per heavy atom. The first-order valence-electron chi connectivity index (χ1n) is 8.25. The van der Waals surface area contributed by atoms with Crippen molar-refractivity contribution in [3.8, 4) is 0 Å². The molecule has 0 aromatic carbocycles. The van der Waals surface area contributed by atoms with Gasteiger partial charge in [0.15, 0.2) is 0 Å². The normalized spacial score (nSPS) is 32.9. The fraction of sp³-hybridized carbons (Fsp3) is 0.812. The van der Waals surface area contributed by atoms with Crippen LogP contribution in [0.4, 0.5) is 0 Å². The van der Waals surface area contributed by atoms with E-state index in [1.807, 2.05) is 12.2 Å². The molecule has 0 spiro atoms. The van der Waals surface area contributed by atoms with Crippen LogP contribution in [0.15, 0.2) is 12.2 Å². The van der Waals surface area contributed by atoms with E-state index in [-0.39, 0.29) is 11.9 Å². The number of hydrogen-bond acceptors (Lipinski definition) is 4. The van der Waals surface area contributed by atoms with Gasteiger partial charge in [-0.2, -0.15) is 0 Å². The van der Waals surface area contributed by atoms with E-state index in [1.54, 1.807) is 0 Å². The summed E-state index contributed by atoms with van der Waals surface area (Å²) in [7, 11) is 0. The van der Waals surface area contributed by atoms with E-state index in [1.165, 1.54) is 0 Å². The number of amides is 1. The van der Waals surface area contributed by atoms with Gasteiger partial charge in [-0.25, -0.2) is 0 Å². The molecule has 2 aliphatic carbocycles. The molecule has 0 heterocycles. The van der Waals surface area contributed by atoms with Crippen LogP contribution in [0.3, 0.4) is 0 Å². The van der Waals surface area contributed by atoms with Crippen molar-refractivity contribution in [3.63, 3.8) is 0 Å². The van der Waals surface area contributed by atoms with Gasteiger partial charge in [-0.05, 0) is 44.4 Å². The summed E-state index contributed by atoms with van der Waals surface area (Å²) in [5.74, 6) is 0.574. The van der Waals surface area contributed by atoms with Crippen molar-refractivity contribution in [1.82, 2.24) is 10.6 Å². The molecule has 5 nitrogen and oxygen atoms in total. The molecule has 5 heteroatoms. The molecule has 1 unspecified atom stereocenters. The highest BCUT2D eigenvalue weighted by Crippen LogP contribution is 2.27. The average Bonchev–Trinajstić information content (AvgIpc) is 2.49. The predicted octanol–water partition coefficient (Wildman–Crippen LogP) is 0.679. The lowest BCUT2D eigenvalue weighted by atomic mass is 9.83. The highest BCUT2D eigenvalue weighted by atomic mass is 16.3. The molecule has 0 aromatic heterocycles. The summed E-state index contributed by atoms with van der Waals surface area (Å²) in [5, 5.41) is 16.3. The fourth-order valence-corrected chi connectivity index (χ4v) is 3.34. The lowest BCUT2D eigenvalue weighted by molar-refractivity contribution is -0.123. The lowest BCUT2D eigenvalue weighted by Crippen LogP contribution is -2.44. The van der Waals surface area contributed by atoms with Gasteiger partial charge in [-0.15, -0.1) is 0 Å². The zero-order valence-electron chi connectivity index (χ0n) is 12.8. The van der Waals surface area contributed by atoms with Crippen LogP contribution in [-0.4, -0.2) is 42.3 Å². The monoisotopic (exact) mass is 295 g/mol. The molecule has 2 atom stereocenters. The first kappa shape index (κ1) is 16.5. The van der Waals surface area contributed by atoms with Gasteiger partial charge >= 0.3 is 0 Å². The number of hydrogen-bond donors (Lipinski definition) is 4. The lowest BCUT2D eigenvalue weighted by Gasteiger charge is -2.30. The Morgan fingerprint density at radius 1 is 1.19 bits per heavy atom. The minimum atomic E-state index is -0.435. The van der Waals surface area contributed by atoms with E-state index in [4.69, 9.17) is 5.73 Å². The van der Waals surface area contributed by atoms with Crippen LogP contribution < -0.4 is 16.4 Å². The van der Waals surface area contributed by atoms with E-state index in [0.717, 1.165) is 38.6 Å². The molecule has 1 amide bonds. The summed E-state index contributed by atoms with van der Waals surface area (Å²) in [6, 6.07) is 0.461. The Morgan fingerprint density at radius 2 is 1.90 bits per heavy atom. The van der Waals surface area contributed by atoms with Crippen molar-refractivity contribution >= 4 is 5.91 Å². The molecule has 0 aromatic rings. The van der Waals surface area contributed by atoms with Crippen molar-refractivity contribution < 1.29 is 9.90 Å². The molecule has 2 aliphatic rings. The summed E-state index contributed by atoms with van der Waals surface area (Å²) >= 11 is 0. The van der Waals surface area contributed by atoms with Crippen molar-refractivity contribution in [2.45, 2.75) is 63.1 Å². The minimum Gasteiger partial charge on any atom is -0.391 e. The Labute approximate surface area is 127 Å². The number of carbonyl (C=O) groups excluding carboxylic acids is 1. The van der Waals surface area contributed by atoms with Crippen LogP contribution >= 0.6 is 0 Å². The van der Waals surface area contributed by atoms with Crippen LogP contribution in [0, 0.1) is 5.92 Å². The van der Waals surface area contributed by atoms with E-state index in [2.05, 4.69) is 10.6 Å². The number of aliphatic hydroxyl groups excluding tert-OH is 1. The molecule has 21 heavy (non-hydrogen) atoms. The molecular formula is C16H29N3O2. The molecule has 120 valence electrons. The molecule has 0 radical (unpaired) electrons. The summed E-state index contributed by atoms with van der Waals surface area (Å²) in [6.07, 6.45) is 10.0. The van der Waals surface area contributed by atoms with Gasteiger partial charge in [0, 0.05) is 25.6 Å². The van der Waals surface area contributed by atoms with Gasteiger partial charge in [-0.1, -0.05) is 12.2 Å². The summed E-state index contributed by atoms with van der Waals surface area (Å²) < 4.78 is 0. The maximum absolute atomic E-state index is 12.1. The summed E-state index contributed by atoms with van der Waals surface area (Å²) in [5.41, 5.74) is 5.50. The van der Waals surface area contributed by atoms with Crippen molar-refractivity contribution in [2.75, 3.05) is 13.1 Å². The molecule has 1 saturated carbocycles. The van der Waals surface area contributed by atoms with Crippen molar-refractivity contribution in [3.05, 3.63) is 12.2 Å². The minimum absolute atomic E-state index is 0.0905. The van der Waals surface area contributed by atoms with Gasteiger partial charge in [0.2, 0.25) is 5.91 Å². The third-order valence-electron chi connectivity index (χ3n) is 4.64. The molecule has 2 rings (SSSR count). The van der Waals surface area contributed by atoms with Crippen molar-refractivity contribution in [2.24, 2.45) is 11.7 Å². The summed E-state index contributed by atoms with van der Waals surface area (Å²) in [4.78, 5) is 12.1. The number of nitrogens with one attached hydrogen (secondary N) is 2. The van der Waals surface area contributed by atoms with Crippen LogP contribution in [0.25, 0.3) is 0 Å².